The number of hydrogen-bond donors (Lipinski definition) is 3. The second-order valence-corrected chi connectivity index (χ2v) is 17.0. The monoisotopic (exact) mass is 753 g/mol. The number of rotatable bonds is 7. The molecule has 3 aliphatic carbocycles. The zero-order chi connectivity index (χ0) is 37.6. The third-order valence-corrected chi connectivity index (χ3v) is 13.1. The second-order valence-electron chi connectivity index (χ2n) is 15.0. The highest BCUT2D eigenvalue weighted by Gasteiger charge is 2.62. The Balaban J connectivity index is 1.13. The number of sulfonamides is 1. The van der Waals surface area contributed by atoms with Crippen LogP contribution in [0.4, 0.5) is 4.79 Å². The number of carbonyl (C=O) groups excluding carboxylic acids is 4. The van der Waals surface area contributed by atoms with Gasteiger partial charge in [0, 0.05) is 23.9 Å². The largest absolute Gasteiger partial charge is 0.472 e. The average Bonchev–Trinajstić information content (AvgIpc) is 4.05. The summed E-state index contributed by atoms with van der Waals surface area (Å²) in [5.74, 6) is -2.44. The summed E-state index contributed by atoms with van der Waals surface area (Å²) in [6.07, 6.45) is 9.16. The number of fused-ring (bicyclic) bond motifs is 4. The molecule has 0 radical (unpaired) electrons. The molecule has 2 aromatic carbocycles. The molecule has 4 bridgehead atoms. The molecule has 282 valence electrons. The first-order chi connectivity index (χ1) is 26.0. The molecule has 1 unspecified atom stereocenters. The molecular formula is C40H43N5O8S. The SMILES string of the molecule is C=C[C@@H]1CC1(NC(=O)[C@@H]1C[C@@H]2CN1C(=O)[C@H](C1Cc3ccccc3C1)NC(=O)OCCC/C=C/c1ccc3ccnc(c3c1)O2)C(=O)NS(=O)(=O)C1CC1. The Morgan fingerprint density at radius 3 is 2.57 bits per heavy atom. The van der Waals surface area contributed by atoms with Gasteiger partial charge in [0.2, 0.25) is 27.7 Å². The summed E-state index contributed by atoms with van der Waals surface area (Å²) in [4.78, 5) is 62.1. The van der Waals surface area contributed by atoms with Gasteiger partial charge in [0.25, 0.3) is 5.91 Å². The molecule has 0 spiro atoms. The normalized spacial score (nSPS) is 27.8. The number of allylic oxidation sites excluding steroid dienone is 1. The molecular weight excluding hydrogens is 711 g/mol. The van der Waals surface area contributed by atoms with Crippen LogP contribution in [0.15, 0.2) is 73.5 Å². The molecule has 1 saturated heterocycles. The van der Waals surface area contributed by atoms with Crippen molar-refractivity contribution in [2.24, 2.45) is 11.8 Å². The number of pyridine rings is 1. The summed E-state index contributed by atoms with van der Waals surface area (Å²) in [6, 6.07) is 13.5. The maximum Gasteiger partial charge on any atom is 0.407 e. The van der Waals surface area contributed by atoms with Gasteiger partial charge in [-0.1, -0.05) is 54.6 Å². The number of ether oxygens (including phenoxy) is 2. The van der Waals surface area contributed by atoms with Gasteiger partial charge in [-0.05, 0) is 85.1 Å². The minimum absolute atomic E-state index is 0.0123. The highest BCUT2D eigenvalue weighted by molar-refractivity contribution is 7.91. The summed E-state index contributed by atoms with van der Waals surface area (Å²) in [5.41, 5.74) is 1.53. The second kappa shape index (κ2) is 14.2. The summed E-state index contributed by atoms with van der Waals surface area (Å²) in [6.45, 7) is 3.93. The summed E-state index contributed by atoms with van der Waals surface area (Å²) in [5, 5.41) is 6.72. The summed E-state index contributed by atoms with van der Waals surface area (Å²) >= 11 is 0. The van der Waals surface area contributed by atoms with Crippen molar-refractivity contribution in [1.29, 1.82) is 0 Å². The van der Waals surface area contributed by atoms with Gasteiger partial charge < -0.3 is 25.0 Å². The van der Waals surface area contributed by atoms with Gasteiger partial charge in [0.1, 0.15) is 23.7 Å². The van der Waals surface area contributed by atoms with E-state index in [0.29, 0.717) is 44.4 Å². The zero-order valence-electron chi connectivity index (χ0n) is 29.7. The maximum atomic E-state index is 14.9. The standard InChI is InChI=1S/C40H43N5O8S/c1-2-29-22-40(29,38(48)44-54(50,51)31-13-14-31)43-35(46)33-21-30-23-45(33)37(47)34(28-19-26-9-5-6-10-27(26)20-28)42-39(49)52-17-7-3-4-8-24-11-12-25-15-16-41-36(53-30)32(25)18-24/h2,4-6,8-12,15-16,18,28-31,33-34H,1,3,7,13-14,17,19-23H2,(H,42,49)(H,43,46)(H,44,48)/b8-4+/t29-,30-,33+,34+,40?/m1/s1. The van der Waals surface area contributed by atoms with E-state index in [2.05, 4.69) is 26.9 Å². The third kappa shape index (κ3) is 7.06. The number of nitrogens with one attached hydrogen (secondary N) is 3. The summed E-state index contributed by atoms with van der Waals surface area (Å²) < 4.78 is 39.8. The predicted octanol–water partition coefficient (Wildman–Crippen LogP) is 3.57. The van der Waals surface area contributed by atoms with E-state index in [0.717, 1.165) is 27.5 Å². The Morgan fingerprint density at radius 1 is 1.07 bits per heavy atom. The van der Waals surface area contributed by atoms with Gasteiger partial charge in [0.15, 0.2) is 0 Å². The lowest BCUT2D eigenvalue weighted by Gasteiger charge is -2.32. The van der Waals surface area contributed by atoms with Crippen LogP contribution < -0.4 is 20.1 Å². The van der Waals surface area contributed by atoms with Crippen LogP contribution in [-0.2, 0) is 42.0 Å². The first-order valence-electron chi connectivity index (χ1n) is 18.6. The lowest BCUT2D eigenvalue weighted by molar-refractivity contribution is -0.142. The van der Waals surface area contributed by atoms with E-state index in [4.69, 9.17) is 9.47 Å². The van der Waals surface area contributed by atoms with E-state index in [9.17, 15) is 27.6 Å². The lowest BCUT2D eigenvalue weighted by Crippen LogP contribution is -2.59. The molecule has 54 heavy (non-hydrogen) atoms. The first-order valence-corrected chi connectivity index (χ1v) is 20.1. The molecule has 3 heterocycles. The van der Waals surface area contributed by atoms with Crippen molar-refractivity contribution in [2.75, 3.05) is 13.2 Å². The van der Waals surface area contributed by atoms with Crippen molar-refractivity contribution in [3.8, 4) is 5.88 Å². The Hall–Kier alpha value is -5.24. The maximum absolute atomic E-state index is 14.9. The zero-order valence-corrected chi connectivity index (χ0v) is 30.6. The van der Waals surface area contributed by atoms with Crippen molar-refractivity contribution >= 4 is 50.7 Å². The fourth-order valence-corrected chi connectivity index (χ4v) is 9.42. The quantitative estimate of drug-likeness (QED) is 0.305. The van der Waals surface area contributed by atoms with Crippen molar-refractivity contribution in [2.45, 2.75) is 80.3 Å². The number of benzene rings is 2. The molecule has 3 aromatic rings. The van der Waals surface area contributed by atoms with Crippen LogP contribution in [0, 0.1) is 11.8 Å². The van der Waals surface area contributed by atoms with E-state index in [1.165, 1.54) is 11.0 Å². The van der Waals surface area contributed by atoms with Crippen LogP contribution in [0.5, 0.6) is 5.88 Å². The first kappa shape index (κ1) is 35.8. The molecule has 13 nitrogen and oxygen atoms in total. The van der Waals surface area contributed by atoms with E-state index in [1.54, 1.807) is 6.20 Å². The Labute approximate surface area is 313 Å². The van der Waals surface area contributed by atoms with Crippen molar-refractivity contribution < 1.29 is 37.1 Å². The molecule has 5 aliphatic rings. The van der Waals surface area contributed by atoms with E-state index < -0.39 is 68.7 Å². The number of cyclic esters (lactones) is 1. The number of amides is 4. The van der Waals surface area contributed by atoms with E-state index in [-0.39, 0.29) is 31.9 Å². The van der Waals surface area contributed by atoms with E-state index in [1.807, 2.05) is 60.7 Å². The van der Waals surface area contributed by atoms with E-state index >= 15 is 0 Å². The Morgan fingerprint density at radius 2 is 1.85 bits per heavy atom. The van der Waals surface area contributed by atoms with Gasteiger partial charge >= 0.3 is 6.09 Å². The average molecular weight is 754 g/mol. The fourth-order valence-electron chi connectivity index (χ4n) is 8.05. The van der Waals surface area contributed by atoms with Crippen molar-refractivity contribution in [3.05, 3.63) is 90.1 Å². The highest BCUT2D eigenvalue weighted by Crippen LogP contribution is 2.45. The van der Waals surface area contributed by atoms with Gasteiger partial charge in [-0.25, -0.2) is 18.2 Å². The molecule has 4 amide bonds. The Kier molecular flexibility index (Phi) is 9.41. The number of nitrogens with zero attached hydrogens (tertiary/aromatic N) is 2. The van der Waals surface area contributed by atoms with Crippen LogP contribution >= 0.6 is 0 Å². The molecule has 14 heteroatoms. The fraction of sp³-hybridized carbons (Fsp3) is 0.425. The third-order valence-electron chi connectivity index (χ3n) is 11.3. The minimum atomic E-state index is -3.90. The topological polar surface area (TPSA) is 173 Å². The molecule has 3 fully saturated rings. The molecule has 5 atom stereocenters. The van der Waals surface area contributed by atoms with Crippen LogP contribution in [0.2, 0.25) is 0 Å². The van der Waals surface area contributed by atoms with Gasteiger partial charge in [-0.3, -0.25) is 19.1 Å². The Bertz CT molecular complexity index is 2140. The number of carbonyl (C=O) groups is 4. The van der Waals surface area contributed by atoms with Crippen LogP contribution in [0.3, 0.4) is 0 Å². The number of alkyl carbamates (subject to hydrolysis) is 1. The molecule has 8 rings (SSSR count). The predicted molar refractivity (Wildman–Crippen MR) is 199 cm³/mol. The van der Waals surface area contributed by atoms with Gasteiger partial charge in [-0.15, -0.1) is 6.58 Å². The molecule has 1 aromatic heterocycles. The summed E-state index contributed by atoms with van der Waals surface area (Å²) in [7, 11) is -3.90. The van der Waals surface area contributed by atoms with Gasteiger partial charge in [0.05, 0.1) is 18.4 Å². The minimum Gasteiger partial charge on any atom is -0.472 e. The number of hydrogen-bond acceptors (Lipinski definition) is 9. The molecule has 2 saturated carbocycles. The molecule has 2 aliphatic heterocycles. The number of aromatic nitrogens is 1. The lowest BCUT2D eigenvalue weighted by atomic mass is 9.95. The van der Waals surface area contributed by atoms with Crippen molar-refractivity contribution in [1.82, 2.24) is 25.2 Å². The van der Waals surface area contributed by atoms with Crippen LogP contribution in [0.1, 0.15) is 55.2 Å². The molecule has 3 N–H and O–H groups in total. The smallest absolute Gasteiger partial charge is 0.407 e. The highest BCUT2D eigenvalue weighted by atomic mass is 32.2. The van der Waals surface area contributed by atoms with Crippen molar-refractivity contribution in [3.63, 3.8) is 0 Å². The van der Waals surface area contributed by atoms with Gasteiger partial charge in [-0.2, -0.15) is 0 Å². The van der Waals surface area contributed by atoms with Crippen LogP contribution in [-0.4, -0.2) is 84.2 Å². The van der Waals surface area contributed by atoms with Crippen LogP contribution in [0.25, 0.3) is 16.8 Å².